The molecule has 0 unspecified atom stereocenters. The number of hydrogen-bond acceptors (Lipinski definition) is 2. The Balaban J connectivity index is 2.25. The number of pyridine rings is 1. The van der Waals surface area contributed by atoms with Gasteiger partial charge in [-0.05, 0) is 29.8 Å². The summed E-state index contributed by atoms with van der Waals surface area (Å²) in [5.74, 6) is -1.22. The molecular weight excluding hydrogens is 298 g/mol. The third-order valence-corrected chi connectivity index (χ3v) is 3.04. The number of aromatic nitrogens is 1. The van der Waals surface area contributed by atoms with Gasteiger partial charge in [-0.25, -0.2) is 4.79 Å². The van der Waals surface area contributed by atoms with Gasteiger partial charge in [-0.15, -0.1) is 0 Å². The summed E-state index contributed by atoms with van der Waals surface area (Å²) in [7, 11) is 0. The largest absolute Gasteiger partial charge is 0.477 e. The highest BCUT2D eigenvalue weighted by molar-refractivity contribution is 9.10. The normalized spacial score (nSPS) is 10.3. The Morgan fingerprint density at radius 3 is 2.39 bits per heavy atom. The van der Waals surface area contributed by atoms with Gasteiger partial charge in [0.05, 0.1) is 0 Å². The van der Waals surface area contributed by atoms with E-state index in [0.717, 1.165) is 10.0 Å². The molecular formula is C13H10BrNO3. The van der Waals surface area contributed by atoms with Crippen molar-refractivity contribution in [1.29, 1.82) is 0 Å². The van der Waals surface area contributed by atoms with Crippen molar-refractivity contribution in [2.45, 2.75) is 6.42 Å². The average Bonchev–Trinajstić information content (AvgIpc) is 2.32. The van der Waals surface area contributed by atoms with Gasteiger partial charge in [-0.1, -0.05) is 28.1 Å². The number of nitrogens with one attached hydrogen (secondary N) is 1. The second-order valence-corrected chi connectivity index (χ2v) is 4.75. The van der Waals surface area contributed by atoms with Crippen LogP contribution in [0.2, 0.25) is 0 Å². The first-order chi connectivity index (χ1) is 8.56. The lowest BCUT2D eigenvalue weighted by Gasteiger charge is -2.03. The minimum absolute atomic E-state index is 0.241. The van der Waals surface area contributed by atoms with Gasteiger partial charge in [0.15, 0.2) is 0 Å². The molecule has 0 fully saturated rings. The molecule has 2 aromatic rings. The molecule has 0 amide bonds. The molecule has 0 saturated heterocycles. The zero-order valence-electron chi connectivity index (χ0n) is 9.31. The summed E-state index contributed by atoms with van der Waals surface area (Å²) < 4.78 is 0.987. The van der Waals surface area contributed by atoms with Gasteiger partial charge in [-0.3, -0.25) is 4.79 Å². The molecule has 0 spiro atoms. The van der Waals surface area contributed by atoms with Crippen LogP contribution in [0.3, 0.4) is 0 Å². The second kappa shape index (κ2) is 5.18. The van der Waals surface area contributed by atoms with Crippen molar-refractivity contribution in [2.24, 2.45) is 0 Å². The van der Waals surface area contributed by atoms with Gasteiger partial charge < -0.3 is 10.1 Å². The molecule has 92 valence electrons. The molecule has 18 heavy (non-hydrogen) atoms. The molecule has 2 N–H and O–H groups in total. The molecule has 0 aliphatic heterocycles. The molecule has 1 aromatic carbocycles. The van der Waals surface area contributed by atoms with E-state index in [1.807, 2.05) is 24.3 Å². The van der Waals surface area contributed by atoms with Crippen molar-refractivity contribution in [3.8, 4) is 0 Å². The molecule has 5 heteroatoms. The summed E-state index contributed by atoms with van der Waals surface area (Å²) >= 11 is 3.34. The van der Waals surface area contributed by atoms with Crippen LogP contribution in [0.5, 0.6) is 0 Å². The van der Waals surface area contributed by atoms with E-state index in [1.165, 1.54) is 6.07 Å². The van der Waals surface area contributed by atoms with Gasteiger partial charge in [-0.2, -0.15) is 0 Å². The van der Waals surface area contributed by atoms with E-state index in [1.54, 1.807) is 6.07 Å². The third-order valence-electron chi connectivity index (χ3n) is 2.51. The highest BCUT2D eigenvalue weighted by Crippen LogP contribution is 2.12. The van der Waals surface area contributed by atoms with Crippen molar-refractivity contribution in [2.75, 3.05) is 0 Å². The number of carboxylic acid groups (broad SMARTS) is 1. The lowest BCUT2D eigenvalue weighted by atomic mass is 10.1. The number of aromatic amines is 1. The summed E-state index contributed by atoms with van der Waals surface area (Å²) in [5, 5.41) is 8.75. The summed E-state index contributed by atoms with van der Waals surface area (Å²) in [6, 6.07) is 10.7. The summed E-state index contributed by atoms with van der Waals surface area (Å²) in [6.45, 7) is 0. The lowest BCUT2D eigenvalue weighted by molar-refractivity contribution is 0.0695. The summed E-state index contributed by atoms with van der Waals surface area (Å²) in [6.07, 6.45) is 0.558. The number of halogens is 1. The SMILES string of the molecule is O=C(O)c1ccc(Cc2ccc(Br)cc2)[nH]c1=O. The Bertz CT molecular complexity index is 631. The highest BCUT2D eigenvalue weighted by Gasteiger charge is 2.08. The Morgan fingerprint density at radius 2 is 1.83 bits per heavy atom. The smallest absolute Gasteiger partial charge is 0.341 e. The predicted octanol–water partition coefficient (Wildman–Crippen LogP) is 2.43. The number of rotatable bonds is 3. The number of carboxylic acids is 1. The number of carbonyl (C=O) groups is 1. The Kier molecular flexibility index (Phi) is 3.62. The molecule has 0 saturated carbocycles. The maximum absolute atomic E-state index is 11.5. The summed E-state index contributed by atoms with van der Waals surface area (Å²) in [4.78, 5) is 24.8. The van der Waals surface area contributed by atoms with Crippen LogP contribution < -0.4 is 5.56 Å². The monoisotopic (exact) mass is 307 g/mol. The summed E-state index contributed by atoms with van der Waals surface area (Å²) in [5.41, 5.74) is 0.913. The molecule has 1 heterocycles. The van der Waals surface area contributed by atoms with E-state index in [2.05, 4.69) is 20.9 Å². The van der Waals surface area contributed by atoms with E-state index in [9.17, 15) is 9.59 Å². The van der Waals surface area contributed by atoms with Crippen LogP contribution in [-0.4, -0.2) is 16.1 Å². The van der Waals surface area contributed by atoms with Crippen LogP contribution in [0.1, 0.15) is 21.6 Å². The molecule has 0 radical (unpaired) electrons. The average molecular weight is 308 g/mol. The zero-order chi connectivity index (χ0) is 13.1. The lowest BCUT2D eigenvalue weighted by Crippen LogP contribution is -2.18. The topological polar surface area (TPSA) is 70.2 Å². The molecule has 1 aromatic heterocycles. The van der Waals surface area contributed by atoms with Gasteiger partial charge >= 0.3 is 5.97 Å². The van der Waals surface area contributed by atoms with Crippen LogP contribution in [0.4, 0.5) is 0 Å². The number of hydrogen-bond donors (Lipinski definition) is 2. The molecule has 0 bridgehead atoms. The van der Waals surface area contributed by atoms with Crippen molar-refractivity contribution < 1.29 is 9.90 Å². The second-order valence-electron chi connectivity index (χ2n) is 3.83. The molecule has 0 aliphatic carbocycles. The van der Waals surface area contributed by atoms with Crippen molar-refractivity contribution in [3.63, 3.8) is 0 Å². The molecule has 0 atom stereocenters. The fourth-order valence-electron chi connectivity index (χ4n) is 1.61. The van der Waals surface area contributed by atoms with Crippen LogP contribution in [0.25, 0.3) is 0 Å². The fraction of sp³-hybridized carbons (Fsp3) is 0.0769. The van der Waals surface area contributed by atoms with E-state index in [0.29, 0.717) is 12.1 Å². The predicted molar refractivity (Wildman–Crippen MR) is 71.0 cm³/mol. The molecule has 0 aliphatic rings. The number of H-pyrrole nitrogens is 1. The van der Waals surface area contributed by atoms with Crippen molar-refractivity contribution in [3.05, 3.63) is 68.0 Å². The fourth-order valence-corrected chi connectivity index (χ4v) is 1.87. The quantitative estimate of drug-likeness (QED) is 0.915. The van der Waals surface area contributed by atoms with Crippen molar-refractivity contribution >= 4 is 21.9 Å². The van der Waals surface area contributed by atoms with Gasteiger partial charge in [0.2, 0.25) is 0 Å². The molecule has 4 nitrogen and oxygen atoms in total. The number of benzene rings is 1. The molecule has 2 rings (SSSR count). The first-order valence-corrected chi connectivity index (χ1v) is 6.05. The van der Waals surface area contributed by atoms with Crippen LogP contribution in [0.15, 0.2) is 45.7 Å². The first kappa shape index (κ1) is 12.6. The Labute approximate surface area is 111 Å². The van der Waals surface area contributed by atoms with Crippen LogP contribution >= 0.6 is 15.9 Å². The van der Waals surface area contributed by atoms with Gasteiger partial charge in [0.1, 0.15) is 5.56 Å². The van der Waals surface area contributed by atoms with Gasteiger partial charge in [0.25, 0.3) is 5.56 Å². The van der Waals surface area contributed by atoms with Crippen molar-refractivity contribution in [1.82, 2.24) is 4.98 Å². The minimum Gasteiger partial charge on any atom is -0.477 e. The maximum atomic E-state index is 11.5. The zero-order valence-corrected chi connectivity index (χ0v) is 10.9. The van der Waals surface area contributed by atoms with Gasteiger partial charge in [0, 0.05) is 16.6 Å². The van der Waals surface area contributed by atoms with E-state index in [4.69, 9.17) is 5.11 Å². The Hall–Kier alpha value is -1.88. The Morgan fingerprint density at radius 1 is 1.17 bits per heavy atom. The number of aromatic carboxylic acids is 1. The van der Waals surface area contributed by atoms with E-state index < -0.39 is 11.5 Å². The standard InChI is InChI=1S/C13H10BrNO3/c14-9-3-1-8(2-4-9)7-10-5-6-11(13(17)18)12(16)15-10/h1-6H,7H2,(H,15,16)(H,17,18). The van der Waals surface area contributed by atoms with E-state index >= 15 is 0 Å². The van der Waals surface area contributed by atoms with Crippen LogP contribution in [-0.2, 0) is 6.42 Å². The third kappa shape index (κ3) is 2.87. The van der Waals surface area contributed by atoms with Crippen LogP contribution in [0, 0.1) is 0 Å². The van der Waals surface area contributed by atoms with E-state index in [-0.39, 0.29) is 5.56 Å². The maximum Gasteiger partial charge on any atom is 0.341 e. The first-order valence-electron chi connectivity index (χ1n) is 5.26. The highest BCUT2D eigenvalue weighted by atomic mass is 79.9. The minimum atomic E-state index is -1.22.